The van der Waals surface area contributed by atoms with Crippen LogP contribution in [0.5, 0.6) is 0 Å². The second-order valence-corrected chi connectivity index (χ2v) is 4.64. The van der Waals surface area contributed by atoms with Gasteiger partial charge in [0.2, 0.25) is 0 Å². The zero-order valence-electron chi connectivity index (χ0n) is 10.4. The minimum Gasteiger partial charge on any atom is -0.478 e. The van der Waals surface area contributed by atoms with Gasteiger partial charge < -0.3 is 10.4 Å². The maximum atomic E-state index is 11.0. The highest BCUT2D eigenvalue weighted by Crippen LogP contribution is 2.28. The monoisotopic (exact) mass is 254 g/mol. The summed E-state index contributed by atoms with van der Waals surface area (Å²) < 4.78 is 0. The smallest absolute Gasteiger partial charge is 0.337 e. The summed E-state index contributed by atoms with van der Waals surface area (Å²) in [7, 11) is 0. The van der Waals surface area contributed by atoms with Gasteiger partial charge in [-0.15, -0.1) is 0 Å². The summed E-state index contributed by atoms with van der Waals surface area (Å²) in [6.45, 7) is 1.82. The third-order valence-corrected chi connectivity index (χ3v) is 3.44. The molecule has 0 unspecified atom stereocenters. The van der Waals surface area contributed by atoms with Crippen molar-refractivity contribution in [1.29, 1.82) is 0 Å². The Hall–Kier alpha value is -2.20. The number of rotatable bonds is 2. The van der Waals surface area contributed by atoms with Gasteiger partial charge in [-0.2, -0.15) is 0 Å². The van der Waals surface area contributed by atoms with Gasteiger partial charge in [0.05, 0.1) is 5.56 Å². The van der Waals surface area contributed by atoms with E-state index >= 15 is 0 Å². The minimum atomic E-state index is -0.944. The van der Waals surface area contributed by atoms with Crippen LogP contribution in [0.2, 0.25) is 0 Å². The zero-order chi connectivity index (χ0) is 13.2. The lowest BCUT2D eigenvalue weighted by Gasteiger charge is -2.20. The molecule has 2 N–H and O–H groups in total. The number of hydrogen-bond donors (Lipinski definition) is 2. The maximum absolute atomic E-state index is 11.0. The van der Waals surface area contributed by atoms with Crippen molar-refractivity contribution in [1.82, 2.24) is 10.3 Å². The zero-order valence-corrected chi connectivity index (χ0v) is 10.4. The van der Waals surface area contributed by atoms with Crippen LogP contribution >= 0.6 is 0 Å². The predicted octanol–water partition coefficient (Wildman–Crippen LogP) is 2.09. The first kappa shape index (κ1) is 11.9. The fourth-order valence-electron chi connectivity index (χ4n) is 2.51. The summed E-state index contributed by atoms with van der Waals surface area (Å²) in [6, 6.07) is 7.84. The third-order valence-electron chi connectivity index (χ3n) is 3.44. The van der Waals surface area contributed by atoms with E-state index in [-0.39, 0.29) is 5.56 Å². The number of hydrogen-bond acceptors (Lipinski definition) is 3. The van der Waals surface area contributed by atoms with E-state index in [9.17, 15) is 4.79 Å². The second kappa shape index (κ2) is 4.82. The molecule has 0 spiro atoms. The quantitative estimate of drug-likeness (QED) is 0.861. The van der Waals surface area contributed by atoms with Crippen LogP contribution in [0.25, 0.3) is 11.1 Å². The van der Waals surface area contributed by atoms with Gasteiger partial charge in [0.15, 0.2) is 0 Å². The van der Waals surface area contributed by atoms with Crippen molar-refractivity contribution in [3.8, 4) is 11.1 Å². The average Bonchev–Trinajstić information content (AvgIpc) is 2.47. The summed E-state index contributed by atoms with van der Waals surface area (Å²) in [5.41, 5.74) is 4.77. The second-order valence-electron chi connectivity index (χ2n) is 4.64. The van der Waals surface area contributed by atoms with Crippen molar-refractivity contribution >= 4 is 5.97 Å². The van der Waals surface area contributed by atoms with Gasteiger partial charge in [0.25, 0.3) is 0 Å². The van der Waals surface area contributed by atoms with E-state index in [0.717, 1.165) is 30.6 Å². The minimum absolute atomic E-state index is 0.226. The van der Waals surface area contributed by atoms with E-state index in [1.165, 1.54) is 17.3 Å². The van der Waals surface area contributed by atoms with Gasteiger partial charge in [0.1, 0.15) is 0 Å². The molecule has 0 amide bonds. The van der Waals surface area contributed by atoms with Crippen molar-refractivity contribution in [3.63, 3.8) is 0 Å². The Balaban J connectivity index is 2.12. The maximum Gasteiger partial charge on any atom is 0.337 e. The Kier molecular flexibility index (Phi) is 3.01. The lowest BCUT2D eigenvalue weighted by Crippen LogP contribution is -2.24. The van der Waals surface area contributed by atoms with Crippen molar-refractivity contribution in [3.05, 3.63) is 53.3 Å². The molecule has 0 radical (unpaired) electrons. The topological polar surface area (TPSA) is 62.2 Å². The number of carboxylic acid groups (broad SMARTS) is 1. The van der Waals surface area contributed by atoms with Crippen LogP contribution in [-0.2, 0) is 13.0 Å². The van der Waals surface area contributed by atoms with Gasteiger partial charge in [-0.05, 0) is 35.7 Å². The first-order valence-corrected chi connectivity index (χ1v) is 6.26. The number of nitrogens with one attached hydrogen (secondary N) is 1. The molecule has 4 nitrogen and oxygen atoms in total. The number of nitrogens with zero attached hydrogens (tertiary/aromatic N) is 1. The molecular formula is C15H14N2O2. The van der Waals surface area contributed by atoms with Crippen LogP contribution in [0.1, 0.15) is 21.5 Å². The van der Waals surface area contributed by atoms with Crippen molar-refractivity contribution < 1.29 is 9.90 Å². The van der Waals surface area contributed by atoms with E-state index in [1.54, 1.807) is 12.3 Å². The van der Waals surface area contributed by atoms with Crippen LogP contribution in [0, 0.1) is 0 Å². The molecule has 1 aliphatic rings. The third kappa shape index (κ3) is 2.22. The van der Waals surface area contributed by atoms with Crippen LogP contribution in [0.4, 0.5) is 0 Å². The van der Waals surface area contributed by atoms with Crippen LogP contribution in [0.3, 0.4) is 0 Å². The highest BCUT2D eigenvalue weighted by molar-refractivity contribution is 5.89. The predicted molar refractivity (Wildman–Crippen MR) is 72.0 cm³/mol. The number of aromatic carboxylic acids is 1. The van der Waals surface area contributed by atoms with Gasteiger partial charge in [-0.3, -0.25) is 4.98 Å². The number of benzene rings is 1. The molecule has 19 heavy (non-hydrogen) atoms. The van der Waals surface area contributed by atoms with Gasteiger partial charge in [-0.1, -0.05) is 18.2 Å². The first-order chi connectivity index (χ1) is 9.25. The molecule has 1 aromatic heterocycles. The molecule has 96 valence electrons. The highest BCUT2D eigenvalue weighted by Gasteiger charge is 2.14. The van der Waals surface area contributed by atoms with Gasteiger partial charge >= 0.3 is 5.97 Å². The molecule has 3 rings (SSSR count). The molecule has 0 atom stereocenters. The molecule has 0 saturated carbocycles. The molecule has 4 heteroatoms. The summed E-state index contributed by atoms with van der Waals surface area (Å²) in [6.07, 6.45) is 4.07. The summed E-state index contributed by atoms with van der Waals surface area (Å²) in [5.74, 6) is -0.944. The first-order valence-electron chi connectivity index (χ1n) is 6.26. The van der Waals surface area contributed by atoms with Crippen molar-refractivity contribution in [2.24, 2.45) is 0 Å². The molecule has 0 bridgehead atoms. The number of pyridine rings is 1. The molecule has 0 saturated heterocycles. The Morgan fingerprint density at radius 1 is 1.32 bits per heavy atom. The average molecular weight is 254 g/mol. The number of aromatic nitrogens is 1. The Bertz CT molecular complexity index is 638. The van der Waals surface area contributed by atoms with Crippen LogP contribution in [-0.4, -0.2) is 22.6 Å². The molecule has 1 aliphatic heterocycles. The van der Waals surface area contributed by atoms with Crippen LogP contribution in [0.15, 0.2) is 36.7 Å². The fraction of sp³-hybridized carbons (Fsp3) is 0.200. The summed E-state index contributed by atoms with van der Waals surface area (Å²) >= 11 is 0. The van der Waals surface area contributed by atoms with Gasteiger partial charge in [-0.25, -0.2) is 4.79 Å². The lowest BCUT2D eigenvalue weighted by atomic mass is 9.92. The van der Waals surface area contributed by atoms with E-state index in [2.05, 4.69) is 16.4 Å². The van der Waals surface area contributed by atoms with E-state index in [0.29, 0.717) is 0 Å². The Morgan fingerprint density at radius 2 is 2.21 bits per heavy atom. The largest absolute Gasteiger partial charge is 0.478 e. The van der Waals surface area contributed by atoms with Crippen LogP contribution < -0.4 is 5.32 Å². The Morgan fingerprint density at radius 3 is 3.05 bits per heavy atom. The molecule has 0 aliphatic carbocycles. The number of carboxylic acids is 1. The highest BCUT2D eigenvalue weighted by atomic mass is 16.4. The molecular weight excluding hydrogens is 240 g/mol. The fourth-order valence-corrected chi connectivity index (χ4v) is 2.51. The Labute approximate surface area is 111 Å². The summed E-state index contributed by atoms with van der Waals surface area (Å²) in [5, 5.41) is 12.4. The molecule has 1 aromatic carbocycles. The lowest BCUT2D eigenvalue weighted by molar-refractivity contribution is 0.0696. The SMILES string of the molecule is O=C(O)c1cncc(-c2cccc3c2CCNC3)c1. The van der Waals surface area contributed by atoms with E-state index < -0.39 is 5.97 Å². The van der Waals surface area contributed by atoms with Gasteiger partial charge in [0, 0.05) is 24.5 Å². The number of carbonyl (C=O) groups is 1. The summed E-state index contributed by atoms with van der Waals surface area (Å²) in [4.78, 5) is 15.1. The normalized spacial score (nSPS) is 13.9. The molecule has 2 aromatic rings. The van der Waals surface area contributed by atoms with E-state index in [4.69, 9.17) is 5.11 Å². The molecule has 2 heterocycles. The van der Waals surface area contributed by atoms with Crippen molar-refractivity contribution in [2.75, 3.05) is 6.54 Å². The standard InChI is InChI=1S/C15H14N2O2/c18-15(19)12-6-11(8-17-9-12)13-3-1-2-10-7-16-5-4-14(10)13/h1-3,6,8-9,16H,4-5,7H2,(H,18,19). The number of fused-ring (bicyclic) bond motifs is 1. The van der Waals surface area contributed by atoms with E-state index in [1.807, 2.05) is 12.1 Å². The van der Waals surface area contributed by atoms with Crippen molar-refractivity contribution in [2.45, 2.75) is 13.0 Å². The molecule has 0 fully saturated rings.